The van der Waals surface area contributed by atoms with Gasteiger partial charge in [-0.2, -0.15) is 0 Å². The summed E-state index contributed by atoms with van der Waals surface area (Å²) in [4.78, 5) is 0. The first-order chi connectivity index (χ1) is 9.13. The second-order valence-corrected chi connectivity index (χ2v) is 6.05. The average Bonchev–Trinajstić information content (AvgIpc) is 2.67. The molecule has 1 saturated carbocycles. The van der Waals surface area contributed by atoms with Crippen molar-refractivity contribution in [2.75, 3.05) is 0 Å². The van der Waals surface area contributed by atoms with E-state index in [4.69, 9.17) is 10.3 Å². The van der Waals surface area contributed by atoms with Crippen LogP contribution in [0.1, 0.15) is 73.6 Å². The van der Waals surface area contributed by atoms with Crippen LogP contribution in [0.15, 0.2) is 4.42 Å². The van der Waals surface area contributed by atoms with E-state index in [1.165, 1.54) is 49.7 Å². The number of hydrazine groups is 1. The Kier molecular flexibility index (Phi) is 5.06. The normalized spacial score (nSPS) is 18.7. The third-order valence-corrected chi connectivity index (χ3v) is 4.76. The molecule has 0 spiro atoms. The van der Waals surface area contributed by atoms with E-state index in [-0.39, 0.29) is 6.04 Å². The zero-order valence-electron chi connectivity index (χ0n) is 12.6. The third-order valence-electron chi connectivity index (χ3n) is 4.76. The van der Waals surface area contributed by atoms with Crippen LogP contribution in [-0.2, 0) is 0 Å². The Balaban J connectivity index is 1.99. The molecule has 1 aromatic rings. The summed E-state index contributed by atoms with van der Waals surface area (Å²) in [6.07, 6.45) is 9.44. The molecule has 0 radical (unpaired) electrons. The fourth-order valence-corrected chi connectivity index (χ4v) is 3.51. The molecular weight excluding hydrogens is 236 g/mol. The van der Waals surface area contributed by atoms with Crippen LogP contribution in [0.3, 0.4) is 0 Å². The van der Waals surface area contributed by atoms with Crippen LogP contribution in [0.25, 0.3) is 0 Å². The molecule has 108 valence electrons. The summed E-state index contributed by atoms with van der Waals surface area (Å²) in [5.74, 6) is 8.71. The molecule has 1 fully saturated rings. The third kappa shape index (κ3) is 3.40. The van der Waals surface area contributed by atoms with Crippen LogP contribution in [0.2, 0.25) is 0 Å². The van der Waals surface area contributed by atoms with Crippen LogP contribution in [-0.4, -0.2) is 0 Å². The number of nitrogens with one attached hydrogen (secondary N) is 1. The van der Waals surface area contributed by atoms with E-state index in [0.717, 1.165) is 23.9 Å². The van der Waals surface area contributed by atoms with Crippen molar-refractivity contribution in [3.63, 3.8) is 0 Å². The summed E-state index contributed by atoms with van der Waals surface area (Å²) in [5.41, 5.74) is 5.52. The van der Waals surface area contributed by atoms with E-state index in [0.29, 0.717) is 0 Å². The van der Waals surface area contributed by atoms with Crippen LogP contribution in [0.5, 0.6) is 0 Å². The van der Waals surface area contributed by atoms with E-state index in [9.17, 15) is 0 Å². The monoisotopic (exact) mass is 264 g/mol. The van der Waals surface area contributed by atoms with Gasteiger partial charge in [0.2, 0.25) is 0 Å². The minimum absolute atomic E-state index is 0.236. The molecule has 1 atom stereocenters. The fraction of sp³-hybridized carbons (Fsp3) is 0.750. The number of aryl methyl sites for hydroxylation is 2. The van der Waals surface area contributed by atoms with Gasteiger partial charge in [0.05, 0.1) is 0 Å². The predicted molar refractivity (Wildman–Crippen MR) is 78.8 cm³/mol. The SMILES string of the molecule is Cc1oc(C)c(C(CCC2CCCCC2)NN)c1C. The van der Waals surface area contributed by atoms with Gasteiger partial charge in [-0.15, -0.1) is 0 Å². The molecule has 1 unspecified atom stereocenters. The molecule has 3 heteroatoms. The number of hydrogen-bond donors (Lipinski definition) is 2. The van der Waals surface area contributed by atoms with Gasteiger partial charge in [0.15, 0.2) is 0 Å². The number of furan rings is 1. The molecule has 0 bridgehead atoms. The molecule has 1 heterocycles. The molecule has 0 saturated heterocycles. The Morgan fingerprint density at radius 1 is 1.16 bits per heavy atom. The van der Waals surface area contributed by atoms with Crippen molar-refractivity contribution in [3.8, 4) is 0 Å². The lowest BCUT2D eigenvalue weighted by Crippen LogP contribution is -2.29. The van der Waals surface area contributed by atoms with Crippen molar-refractivity contribution in [3.05, 3.63) is 22.6 Å². The number of rotatable bonds is 5. The summed E-state index contributed by atoms with van der Waals surface area (Å²) in [5, 5.41) is 0. The van der Waals surface area contributed by atoms with Gasteiger partial charge in [0.25, 0.3) is 0 Å². The lowest BCUT2D eigenvalue weighted by atomic mass is 9.84. The second kappa shape index (κ2) is 6.58. The van der Waals surface area contributed by atoms with E-state index in [1.807, 2.05) is 13.8 Å². The largest absolute Gasteiger partial charge is 0.466 e. The Hall–Kier alpha value is -0.800. The Bertz CT molecular complexity index is 405. The summed E-state index contributed by atoms with van der Waals surface area (Å²) >= 11 is 0. The lowest BCUT2D eigenvalue weighted by molar-refractivity contribution is 0.314. The first-order valence-electron chi connectivity index (χ1n) is 7.66. The quantitative estimate of drug-likeness (QED) is 0.622. The molecule has 1 aromatic heterocycles. The summed E-state index contributed by atoms with van der Waals surface area (Å²) in [7, 11) is 0. The van der Waals surface area contributed by atoms with Gasteiger partial charge in [0.1, 0.15) is 11.5 Å². The van der Waals surface area contributed by atoms with Crippen molar-refractivity contribution < 1.29 is 4.42 Å². The smallest absolute Gasteiger partial charge is 0.106 e. The number of nitrogens with two attached hydrogens (primary N) is 1. The molecular formula is C16H28N2O. The van der Waals surface area contributed by atoms with Crippen LogP contribution in [0, 0.1) is 26.7 Å². The average molecular weight is 264 g/mol. The molecule has 3 N–H and O–H groups in total. The summed E-state index contributed by atoms with van der Waals surface area (Å²) < 4.78 is 5.72. The maximum atomic E-state index is 5.78. The van der Waals surface area contributed by atoms with Crippen molar-refractivity contribution in [1.82, 2.24) is 5.43 Å². The Labute approximate surface area is 116 Å². The van der Waals surface area contributed by atoms with E-state index in [1.54, 1.807) is 0 Å². The van der Waals surface area contributed by atoms with E-state index >= 15 is 0 Å². The maximum Gasteiger partial charge on any atom is 0.106 e. The van der Waals surface area contributed by atoms with Gasteiger partial charge in [-0.05, 0) is 45.1 Å². The van der Waals surface area contributed by atoms with Gasteiger partial charge in [-0.25, -0.2) is 0 Å². The van der Waals surface area contributed by atoms with Crippen molar-refractivity contribution in [2.24, 2.45) is 11.8 Å². The zero-order chi connectivity index (χ0) is 13.8. The van der Waals surface area contributed by atoms with E-state index in [2.05, 4.69) is 12.3 Å². The molecule has 3 nitrogen and oxygen atoms in total. The van der Waals surface area contributed by atoms with Crippen molar-refractivity contribution in [2.45, 2.75) is 71.8 Å². The van der Waals surface area contributed by atoms with Crippen LogP contribution < -0.4 is 11.3 Å². The van der Waals surface area contributed by atoms with Gasteiger partial charge in [-0.1, -0.05) is 32.1 Å². The van der Waals surface area contributed by atoms with Crippen molar-refractivity contribution >= 4 is 0 Å². The topological polar surface area (TPSA) is 51.2 Å². The highest BCUT2D eigenvalue weighted by Crippen LogP contribution is 2.33. The highest BCUT2D eigenvalue weighted by Gasteiger charge is 2.22. The molecule has 0 aromatic carbocycles. The minimum atomic E-state index is 0.236. The maximum absolute atomic E-state index is 5.78. The Morgan fingerprint density at radius 2 is 1.84 bits per heavy atom. The predicted octanol–water partition coefficient (Wildman–Crippen LogP) is 4.07. The van der Waals surface area contributed by atoms with E-state index < -0.39 is 0 Å². The molecule has 2 rings (SSSR count). The first-order valence-corrected chi connectivity index (χ1v) is 7.66. The van der Waals surface area contributed by atoms with Gasteiger partial charge < -0.3 is 4.42 Å². The van der Waals surface area contributed by atoms with Crippen molar-refractivity contribution in [1.29, 1.82) is 0 Å². The number of hydrogen-bond acceptors (Lipinski definition) is 3. The molecule has 1 aliphatic rings. The Morgan fingerprint density at radius 3 is 2.37 bits per heavy atom. The molecule has 0 amide bonds. The van der Waals surface area contributed by atoms with Gasteiger partial charge >= 0.3 is 0 Å². The standard InChI is InChI=1S/C16H28N2O/c1-11-12(2)19-13(3)16(11)15(18-17)10-9-14-7-5-4-6-8-14/h14-15,18H,4-10,17H2,1-3H3. The van der Waals surface area contributed by atoms with Crippen LogP contribution in [0.4, 0.5) is 0 Å². The minimum Gasteiger partial charge on any atom is -0.466 e. The first kappa shape index (κ1) is 14.6. The van der Waals surface area contributed by atoms with Gasteiger partial charge in [0, 0.05) is 11.6 Å². The van der Waals surface area contributed by atoms with Gasteiger partial charge in [-0.3, -0.25) is 11.3 Å². The summed E-state index contributed by atoms with van der Waals surface area (Å²) in [6.45, 7) is 6.20. The highest BCUT2D eigenvalue weighted by molar-refractivity contribution is 5.34. The highest BCUT2D eigenvalue weighted by atomic mass is 16.3. The summed E-state index contributed by atoms with van der Waals surface area (Å²) in [6, 6.07) is 0.236. The molecule has 0 aliphatic heterocycles. The fourth-order valence-electron chi connectivity index (χ4n) is 3.51. The second-order valence-electron chi connectivity index (χ2n) is 6.05. The lowest BCUT2D eigenvalue weighted by Gasteiger charge is -2.24. The molecule has 19 heavy (non-hydrogen) atoms. The van der Waals surface area contributed by atoms with Crippen LogP contribution >= 0.6 is 0 Å². The molecule has 1 aliphatic carbocycles. The zero-order valence-corrected chi connectivity index (χ0v) is 12.6.